The molecule has 88 valence electrons. The van der Waals surface area contributed by atoms with E-state index in [1.807, 2.05) is 0 Å². The summed E-state index contributed by atoms with van der Waals surface area (Å²) in [7, 11) is 0. The summed E-state index contributed by atoms with van der Waals surface area (Å²) in [6.07, 6.45) is 2.70. The molecule has 1 heterocycles. The standard InChI is InChI=1S/C14H21NS/c1-11-5-3-6-13(9-11)12(2)15-14-7-4-8-16-10-14/h3,5-6,9,12,14-15H,4,7-8,10H2,1-2H3/t12-,14?/m1/s1. The first-order valence-corrected chi connectivity index (χ1v) is 7.31. The third-order valence-electron chi connectivity index (χ3n) is 3.19. The van der Waals surface area contributed by atoms with Gasteiger partial charge in [-0.1, -0.05) is 29.8 Å². The lowest BCUT2D eigenvalue weighted by Crippen LogP contribution is -2.35. The smallest absolute Gasteiger partial charge is 0.0294 e. The monoisotopic (exact) mass is 235 g/mol. The second-order valence-corrected chi connectivity index (χ2v) is 5.87. The number of benzene rings is 1. The van der Waals surface area contributed by atoms with Gasteiger partial charge in [0.25, 0.3) is 0 Å². The molecule has 1 aliphatic heterocycles. The van der Waals surface area contributed by atoms with Crippen molar-refractivity contribution in [1.29, 1.82) is 0 Å². The first-order chi connectivity index (χ1) is 7.75. The fraction of sp³-hybridized carbons (Fsp3) is 0.571. The van der Waals surface area contributed by atoms with Gasteiger partial charge >= 0.3 is 0 Å². The van der Waals surface area contributed by atoms with E-state index in [2.05, 4.69) is 55.2 Å². The van der Waals surface area contributed by atoms with Crippen molar-refractivity contribution in [2.45, 2.75) is 38.8 Å². The molecular weight excluding hydrogens is 214 g/mol. The van der Waals surface area contributed by atoms with Gasteiger partial charge in [0.15, 0.2) is 0 Å². The molecule has 16 heavy (non-hydrogen) atoms. The van der Waals surface area contributed by atoms with Crippen LogP contribution in [0.4, 0.5) is 0 Å². The van der Waals surface area contributed by atoms with Gasteiger partial charge in [-0.3, -0.25) is 0 Å². The number of rotatable bonds is 3. The minimum atomic E-state index is 0.476. The van der Waals surface area contributed by atoms with E-state index in [0.29, 0.717) is 12.1 Å². The molecule has 1 N–H and O–H groups in total. The second kappa shape index (κ2) is 5.74. The SMILES string of the molecule is Cc1cccc([C@@H](C)NC2CCCSC2)c1. The van der Waals surface area contributed by atoms with E-state index in [4.69, 9.17) is 0 Å². The van der Waals surface area contributed by atoms with Gasteiger partial charge < -0.3 is 5.32 Å². The van der Waals surface area contributed by atoms with Gasteiger partial charge in [0.2, 0.25) is 0 Å². The van der Waals surface area contributed by atoms with E-state index >= 15 is 0 Å². The van der Waals surface area contributed by atoms with Crippen LogP contribution in [-0.2, 0) is 0 Å². The zero-order valence-corrected chi connectivity index (χ0v) is 11.0. The summed E-state index contributed by atoms with van der Waals surface area (Å²) in [6, 6.07) is 10.00. The quantitative estimate of drug-likeness (QED) is 0.860. The van der Waals surface area contributed by atoms with Crippen LogP contribution in [0, 0.1) is 6.92 Å². The molecule has 2 heteroatoms. The molecule has 1 saturated heterocycles. The molecule has 1 aromatic carbocycles. The van der Waals surface area contributed by atoms with Crippen LogP contribution in [0.15, 0.2) is 24.3 Å². The molecule has 1 fully saturated rings. The summed E-state index contributed by atoms with van der Waals surface area (Å²) in [4.78, 5) is 0. The molecular formula is C14H21NS. The molecule has 0 saturated carbocycles. The van der Waals surface area contributed by atoms with E-state index in [1.165, 1.54) is 35.5 Å². The predicted octanol–water partition coefficient (Wildman–Crippen LogP) is 3.54. The highest BCUT2D eigenvalue weighted by atomic mass is 32.2. The maximum atomic E-state index is 3.74. The van der Waals surface area contributed by atoms with E-state index in [9.17, 15) is 0 Å². The zero-order valence-electron chi connectivity index (χ0n) is 10.2. The highest BCUT2D eigenvalue weighted by molar-refractivity contribution is 7.99. The lowest BCUT2D eigenvalue weighted by Gasteiger charge is -2.26. The van der Waals surface area contributed by atoms with Crippen molar-refractivity contribution in [3.63, 3.8) is 0 Å². The van der Waals surface area contributed by atoms with Crippen LogP contribution in [-0.4, -0.2) is 17.5 Å². The zero-order chi connectivity index (χ0) is 11.4. The number of thioether (sulfide) groups is 1. The van der Waals surface area contributed by atoms with Crippen molar-refractivity contribution in [3.8, 4) is 0 Å². The summed E-state index contributed by atoms with van der Waals surface area (Å²) in [6.45, 7) is 4.43. The first-order valence-electron chi connectivity index (χ1n) is 6.16. The van der Waals surface area contributed by atoms with Gasteiger partial charge in [0.1, 0.15) is 0 Å². The third-order valence-corrected chi connectivity index (χ3v) is 4.40. The van der Waals surface area contributed by atoms with E-state index in [0.717, 1.165) is 0 Å². The first kappa shape index (κ1) is 12.0. The van der Waals surface area contributed by atoms with E-state index in [-0.39, 0.29) is 0 Å². The molecule has 0 amide bonds. The lowest BCUT2D eigenvalue weighted by atomic mass is 10.0. The molecule has 1 nitrogen and oxygen atoms in total. The Bertz CT molecular complexity index is 331. The highest BCUT2D eigenvalue weighted by Gasteiger charge is 2.16. The summed E-state index contributed by atoms with van der Waals surface area (Å²) in [5, 5.41) is 3.74. The Morgan fingerprint density at radius 3 is 3.00 bits per heavy atom. The Morgan fingerprint density at radius 1 is 1.44 bits per heavy atom. The lowest BCUT2D eigenvalue weighted by molar-refractivity contribution is 0.452. The van der Waals surface area contributed by atoms with Gasteiger partial charge in [-0.15, -0.1) is 0 Å². The molecule has 1 unspecified atom stereocenters. The number of hydrogen-bond donors (Lipinski definition) is 1. The maximum absolute atomic E-state index is 3.74. The Morgan fingerprint density at radius 2 is 2.31 bits per heavy atom. The van der Waals surface area contributed by atoms with Crippen molar-refractivity contribution in [2.75, 3.05) is 11.5 Å². The van der Waals surface area contributed by atoms with E-state index < -0.39 is 0 Å². The molecule has 0 radical (unpaired) electrons. The summed E-state index contributed by atoms with van der Waals surface area (Å²) in [5.41, 5.74) is 2.76. The summed E-state index contributed by atoms with van der Waals surface area (Å²) >= 11 is 2.08. The maximum Gasteiger partial charge on any atom is 0.0294 e. The van der Waals surface area contributed by atoms with Crippen LogP contribution in [0.25, 0.3) is 0 Å². The Hall–Kier alpha value is -0.470. The van der Waals surface area contributed by atoms with Gasteiger partial charge in [0.05, 0.1) is 0 Å². The van der Waals surface area contributed by atoms with Crippen LogP contribution in [0.1, 0.15) is 36.9 Å². The number of aryl methyl sites for hydroxylation is 1. The Kier molecular flexibility index (Phi) is 4.30. The topological polar surface area (TPSA) is 12.0 Å². The van der Waals surface area contributed by atoms with Crippen molar-refractivity contribution >= 4 is 11.8 Å². The molecule has 0 bridgehead atoms. The third kappa shape index (κ3) is 3.26. The largest absolute Gasteiger partial charge is 0.307 e. The minimum absolute atomic E-state index is 0.476. The van der Waals surface area contributed by atoms with Crippen LogP contribution >= 0.6 is 11.8 Å². The Balaban J connectivity index is 1.94. The molecule has 2 atom stereocenters. The highest BCUT2D eigenvalue weighted by Crippen LogP contribution is 2.21. The second-order valence-electron chi connectivity index (χ2n) is 4.72. The molecule has 1 aromatic rings. The summed E-state index contributed by atoms with van der Waals surface area (Å²) < 4.78 is 0. The molecule has 2 rings (SSSR count). The van der Waals surface area contributed by atoms with Gasteiger partial charge in [-0.2, -0.15) is 11.8 Å². The van der Waals surface area contributed by atoms with Crippen LogP contribution in [0.3, 0.4) is 0 Å². The van der Waals surface area contributed by atoms with Crippen molar-refractivity contribution < 1.29 is 0 Å². The fourth-order valence-electron chi connectivity index (χ4n) is 2.26. The number of nitrogens with one attached hydrogen (secondary N) is 1. The molecule has 1 aliphatic rings. The van der Waals surface area contributed by atoms with Crippen molar-refractivity contribution in [3.05, 3.63) is 35.4 Å². The van der Waals surface area contributed by atoms with Crippen LogP contribution in [0.2, 0.25) is 0 Å². The molecule has 0 aliphatic carbocycles. The predicted molar refractivity (Wildman–Crippen MR) is 73.1 cm³/mol. The summed E-state index contributed by atoms with van der Waals surface area (Å²) in [5.74, 6) is 2.62. The van der Waals surface area contributed by atoms with E-state index in [1.54, 1.807) is 0 Å². The van der Waals surface area contributed by atoms with Crippen molar-refractivity contribution in [2.24, 2.45) is 0 Å². The Labute approximate surface area is 103 Å². The average Bonchev–Trinajstić information content (AvgIpc) is 2.30. The average molecular weight is 235 g/mol. The minimum Gasteiger partial charge on any atom is -0.307 e. The van der Waals surface area contributed by atoms with Crippen molar-refractivity contribution in [1.82, 2.24) is 5.32 Å². The fourth-order valence-corrected chi connectivity index (χ4v) is 3.35. The van der Waals surface area contributed by atoms with Gasteiger partial charge in [0, 0.05) is 17.8 Å². The number of hydrogen-bond acceptors (Lipinski definition) is 2. The molecule has 0 spiro atoms. The van der Waals surface area contributed by atoms with Gasteiger partial charge in [-0.05, 0) is 38.0 Å². The van der Waals surface area contributed by atoms with Crippen LogP contribution < -0.4 is 5.32 Å². The normalized spacial score (nSPS) is 23.0. The van der Waals surface area contributed by atoms with Crippen LogP contribution in [0.5, 0.6) is 0 Å². The van der Waals surface area contributed by atoms with Gasteiger partial charge in [-0.25, -0.2) is 0 Å². The molecule has 0 aromatic heterocycles.